The van der Waals surface area contributed by atoms with E-state index >= 15 is 0 Å². The highest BCUT2D eigenvalue weighted by atomic mass is 19.1. The number of hydrogen-bond acceptors (Lipinski definition) is 3. The molecule has 1 aromatic carbocycles. The zero-order valence-corrected chi connectivity index (χ0v) is 11.7. The number of hydrogen-bond donors (Lipinski definition) is 1. The number of nitrogens with two attached hydrogens (primary N) is 1. The van der Waals surface area contributed by atoms with Gasteiger partial charge in [0.2, 0.25) is 0 Å². The summed E-state index contributed by atoms with van der Waals surface area (Å²) in [5.74, 6) is 0.117. The molecular formula is C16H16FN3O. The molecule has 2 heterocycles. The molecule has 0 spiro atoms. The first-order valence-electron chi connectivity index (χ1n) is 6.74. The maximum absolute atomic E-state index is 13.8. The minimum Gasteiger partial charge on any atom is -0.487 e. The van der Waals surface area contributed by atoms with E-state index in [4.69, 9.17) is 10.5 Å². The maximum atomic E-state index is 13.8. The fraction of sp³-hybridized carbons (Fsp3) is 0.188. The van der Waals surface area contributed by atoms with Crippen LogP contribution in [0.2, 0.25) is 0 Å². The molecule has 0 unspecified atom stereocenters. The van der Waals surface area contributed by atoms with Gasteiger partial charge in [0.1, 0.15) is 23.8 Å². The van der Waals surface area contributed by atoms with Crippen LogP contribution < -0.4 is 10.5 Å². The van der Waals surface area contributed by atoms with Gasteiger partial charge in [-0.3, -0.25) is 0 Å². The second kappa shape index (κ2) is 5.54. The number of imidazole rings is 1. The second-order valence-electron chi connectivity index (χ2n) is 4.96. The molecule has 21 heavy (non-hydrogen) atoms. The highest BCUT2D eigenvalue weighted by molar-refractivity contribution is 5.39. The third-order valence-electron chi connectivity index (χ3n) is 3.26. The van der Waals surface area contributed by atoms with Crippen molar-refractivity contribution in [1.82, 2.24) is 9.38 Å². The molecule has 5 heteroatoms. The average Bonchev–Trinajstić information content (AvgIpc) is 2.87. The molecule has 0 saturated carbocycles. The number of pyridine rings is 1. The van der Waals surface area contributed by atoms with Gasteiger partial charge in [0.05, 0.1) is 5.69 Å². The van der Waals surface area contributed by atoms with Gasteiger partial charge in [0.15, 0.2) is 0 Å². The van der Waals surface area contributed by atoms with E-state index in [1.807, 2.05) is 35.0 Å². The molecule has 2 aromatic heterocycles. The Morgan fingerprint density at radius 3 is 2.90 bits per heavy atom. The topological polar surface area (TPSA) is 52.5 Å². The molecule has 2 N–H and O–H groups in total. The Bertz CT molecular complexity index is 734. The first-order valence-corrected chi connectivity index (χ1v) is 6.74. The number of benzene rings is 1. The summed E-state index contributed by atoms with van der Waals surface area (Å²) in [5.41, 5.74) is 7.81. The third kappa shape index (κ3) is 2.87. The lowest BCUT2D eigenvalue weighted by Crippen LogP contribution is -2.07. The standard InChI is InChI=1S/C16H16FN3O/c1-11(18)14-6-5-13(8-15(14)17)21-10-12-9-20-7-3-2-4-16(20)19-12/h2-9,11H,10,18H2,1H3/t11-/m1/s1. The molecule has 0 saturated heterocycles. The number of fused-ring (bicyclic) bond motifs is 1. The molecular weight excluding hydrogens is 269 g/mol. The average molecular weight is 285 g/mol. The van der Waals surface area contributed by atoms with Crippen LogP contribution in [0.4, 0.5) is 4.39 Å². The number of aromatic nitrogens is 2. The van der Waals surface area contributed by atoms with Crippen LogP contribution in [0.3, 0.4) is 0 Å². The lowest BCUT2D eigenvalue weighted by Gasteiger charge is -2.09. The molecule has 3 rings (SSSR count). The van der Waals surface area contributed by atoms with Gasteiger partial charge >= 0.3 is 0 Å². The summed E-state index contributed by atoms with van der Waals surface area (Å²) in [6, 6.07) is 10.2. The van der Waals surface area contributed by atoms with Crippen molar-refractivity contribution >= 4 is 5.65 Å². The molecule has 0 aliphatic heterocycles. The van der Waals surface area contributed by atoms with Crippen LogP contribution in [-0.2, 0) is 6.61 Å². The molecule has 4 nitrogen and oxygen atoms in total. The van der Waals surface area contributed by atoms with E-state index in [9.17, 15) is 4.39 Å². The van der Waals surface area contributed by atoms with Gasteiger partial charge in [0.25, 0.3) is 0 Å². The highest BCUT2D eigenvalue weighted by Gasteiger charge is 2.09. The molecule has 1 atom stereocenters. The number of ether oxygens (including phenoxy) is 1. The van der Waals surface area contributed by atoms with Crippen LogP contribution in [0.25, 0.3) is 5.65 Å². The molecule has 0 aliphatic carbocycles. The molecule has 3 aromatic rings. The van der Waals surface area contributed by atoms with Gasteiger partial charge in [-0.1, -0.05) is 12.1 Å². The van der Waals surface area contributed by atoms with E-state index < -0.39 is 0 Å². The highest BCUT2D eigenvalue weighted by Crippen LogP contribution is 2.21. The minimum absolute atomic E-state index is 0.290. The van der Waals surface area contributed by atoms with E-state index in [0.29, 0.717) is 17.9 Å². The van der Waals surface area contributed by atoms with Crippen molar-refractivity contribution in [2.45, 2.75) is 19.6 Å². The number of nitrogens with zero attached hydrogens (tertiary/aromatic N) is 2. The molecule has 108 valence electrons. The smallest absolute Gasteiger partial charge is 0.137 e. The van der Waals surface area contributed by atoms with Gasteiger partial charge in [0, 0.05) is 30.1 Å². The number of rotatable bonds is 4. The van der Waals surface area contributed by atoms with E-state index in [0.717, 1.165) is 11.3 Å². The van der Waals surface area contributed by atoms with Crippen molar-refractivity contribution in [3.05, 3.63) is 65.9 Å². The van der Waals surface area contributed by atoms with Crippen LogP contribution >= 0.6 is 0 Å². The maximum Gasteiger partial charge on any atom is 0.137 e. The Morgan fingerprint density at radius 2 is 2.19 bits per heavy atom. The zero-order valence-electron chi connectivity index (χ0n) is 11.7. The molecule has 0 fully saturated rings. The fourth-order valence-corrected chi connectivity index (χ4v) is 2.18. The summed E-state index contributed by atoms with van der Waals surface area (Å²) in [7, 11) is 0. The van der Waals surface area contributed by atoms with Crippen LogP contribution in [-0.4, -0.2) is 9.38 Å². The predicted molar refractivity (Wildman–Crippen MR) is 78.5 cm³/mol. The summed E-state index contributed by atoms with van der Waals surface area (Å²) in [6.45, 7) is 2.04. The van der Waals surface area contributed by atoms with Crippen molar-refractivity contribution in [2.24, 2.45) is 5.73 Å². The lowest BCUT2D eigenvalue weighted by molar-refractivity contribution is 0.300. The Balaban J connectivity index is 1.74. The van der Waals surface area contributed by atoms with E-state index in [1.165, 1.54) is 6.07 Å². The van der Waals surface area contributed by atoms with Crippen molar-refractivity contribution in [3.63, 3.8) is 0 Å². The fourth-order valence-electron chi connectivity index (χ4n) is 2.18. The van der Waals surface area contributed by atoms with Crippen molar-refractivity contribution in [1.29, 1.82) is 0 Å². The summed E-state index contributed by atoms with van der Waals surface area (Å²) < 4.78 is 21.3. The predicted octanol–water partition coefficient (Wildman–Crippen LogP) is 3.07. The largest absolute Gasteiger partial charge is 0.487 e. The van der Waals surface area contributed by atoms with Gasteiger partial charge < -0.3 is 14.9 Å². The summed E-state index contributed by atoms with van der Waals surface area (Å²) in [6.07, 6.45) is 3.81. The molecule has 0 amide bonds. The van der Waals surface area contributed by atoms with Crippen LogP contribution in [0.15, 0.2) is 48.8 Å². The Morgan fingerprint density at radius 1 is 1.33 bits per heavy atom. The summed E-state index contributed by atoms with van der Waals surface area (Å²) in [5, 5.41) is 0. The Hall–Kier alpha value is -2.40. The van der Waals surface area contributed by atoms with E-state index in [2.05, 4.69) is 4.98 Å². The lowest BCUT2D eigenvalue weighted by atomic mass is 10.1. The zero-order chi connectivity index (χ0) is 14.8. The molecule has 0 bridgehead atoms. The van der Waals surface area contributed by atoms with Crippen molar-refractivity contribution in [2.75, 3.05) is 0 Å². The van der Waals surface area contributed by atoms with Crippen LogP contribution in [0.1, 0.15) is 24.2 Å². The minimum atomic E-state index is -0.350. The van der Waals surface area contributed by atoms with Crippen molar-refractivity contribution < 1.29 is 9.13 Å². The van der Waals surface area contributed by atoms with Gasteiger partial charge in [-0.2, -0.15) is 0 Å². The van der Waals surface area contributed by atoms with Crippen LogP contribution in [0, 0.1) is 5.82 Å². The SMILES string of the molecule is C[C@@H](N)c1ccc(OCc2cn3ccccc3n2)cc1F. The summed E-state index contributed by atoms with van der Waals surface area (Å²) >= 11 is 0. The van der Waals surface area contributed by atoms with Gasteiger partial charge in [-0.05, 0) is 25.1 Å². The monoisotopic (exact) mass is 285 g/mol. The van der Waals surface area contributed by atoms with Crippen LogP contribution in [0.5, 0.6) is 5.75 Å². The third-order valence-corrected chi connectivity index (χ3v) is 3.26. The normalized spacial score (nSPS) is 12.5. The number of halogens is 1. The quantitative estimate of drug-likeness (QED) is 0.801. The Kier molecular flexibility index (Phi) is 3.58. The first kappa shape index (κ1) is 13.6. The first-order chi connectivity index (χ1) is 10.1. The molecule has 0 aliphatic rings. The van der Waals surface area contributed by atoms with Gasteiger partial charge in [-0.25, -0.2) is 9.37 Å². The van der Waals surface area contributed by atoms with Crippen molar-refractivity contribution in [3.8, 4) is 5.75 Å². The molecule has 0 radical (unpaired) electrons. The summed E-state index contributed by atoms with van der Waals surface area (Å²) in [4.78, 5) is 4.42. The van der Waals surface area contributed by atoms with Gasteiger partial charge in [-0.15, -0.1) is 0 Å². The van der Waals surface area contributed by atoms with E-state index in [-0.39, 0.29) is 11.9 Å². The second-order valence-corrected chi connectivity index (χ2v) is 4.96. The van der Waals surface area contributed by atoms with E-state index in [1.54, 1.807) is 19.1 Å². The Labute approximate surface area is 122 Å².